The quantitative estimate of drug-likeness (QED) is 0.897. The molecular weight excluding hydrogens is 270 g/mol. The van der Waals surface area contributed by atoms with E-state index in [0.29, 0.717) is 13.2 Å². The highest BCUT2D eigenvalue weighted by Crippen LogP contribution is 2.27. The molecule has 1 aliphatic heterocycles. The van der Waals surface area contributed by atoms with Crippen molar-refractivity contribution in [1.29, 1.82) is 0 Å². The number of hydrogen-bond donors (Lipinski definition) is 1. The Balaban J connectivity index is 1.52. The lowest BCUT2D eigenvalue weighted by Crippen LogP contribution is -2.42. The van der Waals surface area contributed by atoms with Crippen molar-refractivity contribution in [3.63, 3.8) is 0 Å². The van der Waals surface area contributed by atoms with E-state index in [0.717, 1.165) is 32.1 Å². The molecule has 6 heteroatoms. The van der Waals surface area contributed by atoms with E-state index in [1.54, 1.807) is 23.0 Å². The summed E-state index contributed by atoms with van der Waals surface area (Å²) < 4.78 is 6.82. The van der Waals surface area contributed by atoms with Gasteiger partial charge in [0.2, 0.25) is 5.91 Å². The molecule has 0 aromatic carbocycles. The fourth-order valence-corrected chi connectivity index (χ4v) is 3.17. The first kappa shape index (κ1) is 14.3. The largest absolute Gasteiger partial charge is 0.381 e. The van der Waals surface area contributed by atoms with Gasteiger partial charge in [-0.1, -0.05) is 0 Å². The standard InChI is InChI=1S/C15H21N3O3/c19-14-2-1-8-16-18(14)13-5-3-12(4-6-13)17-15(20)11-7-9-21-10-11/h1-2,8,11-13H,3-7,9-10H2,(H,17,20). The molecule has 6 nitrogen and oxygen atoms in total. The van der Waals surface area contributed by atoms with E-state index in [-0.39, 0.29) is 29.5 Å². The molecule has 1 aromatic rings. The average molecular weight is 291 g/mol. The van der Waals surface area contributed by atoms with Crippen molar-refractivity contribution in [2.45, 2.75) is 44.2 Å². The summed E-state index contributed by atoms with van der Waals surface area (Å²) in [6.07, 6.45) is 6.02. The van der Waals surface area contributed by atoms with Crippen molar-refractivity contribution in [2.75, 3.05) is 13.2 Å². The highest BCUT2D eigenvalue weighted by molar-refractivity contribution is 5.79. The molecule has 1 aliphatic carbocycles. The molecule has 1 amide bonds. The van der Waals surface area contributed by atoms with Crippen molar-refractivity contribution in [3.05, 3.63) is 28.7 Å². The number of nitrogens with one attached hydrogen (secondary N) is 1. The van der Waals surface area contributed by atoms with E-state index in [9.17, 15) is 9.59 Å². The Hall–Kier alpha value is -1.69. The Morgan fingerprint density at radius 3 is 2.76 bits per heavy atom. The molecule has 114 valence electrons. The number of nitrogens with zero attached hydrogens (tertiary/aromatic N) is 2. The van der Waals surface area contributed by atoms with Crippen LogP contribution in [0.15, 0.2) is 23.1 Å². The summed E-state index contributed by atoms with van der Waals surface area (Å²) in [5.41, 5.74) is -0.0481. The second-order valence-electron chi connectivity index (χ2n) is 5.88. The monoisotopic (exact) mass is 291 g/mol. The third kappa shape index (κ3) is 3.32. The summed E-state index contributed by atoms with van der Waals surface area (Å²) in [6, 6.07) is 3.57. The van der Waals surface area contributed by atoms with Gasteiger partial charge in [0, 0.05) is 24.9 Å². The molecule has 3 rings (SSSR count). The van der Waals surface area contributed by atoms with Crippen LogP contribution in [0.25, 0.3) is 0 Å². The highest BCUT2D eigenvalue weighted by Gasteiger charge is 2.28. The van der Waals surface area contributed by atoms with Crippen LogP contribution in [0.5, 0.6) is 0 Å². The number of aromatic nitrogens is 2. The fourth-order valence-electron chi connectivity index (χ4n) is 3.17. The summed E-state index contributed by atoms with van der Waals surface area (Å²) >= 11 is 0. The molecule has 1 aromatic heterocycles. The molecule has 1 saturated heterocycles. The highest BCUT2D eigenvalue weighted by atomic mass is 16.5. The number of amides is 1. The first-order chi connectivity index (χ1) is 10.2. The zero-order valence-corrected chi connectivity index (χ0v) is 12.0. The first-order valence-corrected chi connectivity index (χ1v) is 7.66. The SMILES string of the molecule is O=C(NC1CCC(n2ncccc2=O)CC1)C1CCOC1. The third-order valence-electron chi connectivity index (χ3n) is 4.43. The van der Waals surface area contributed by atoms with Gasteiger partial charge >= 0.3 is 0 Å². The lowest BCUT2D eigenvalue weighted by atomic mass is 9.90. The minimum absolute atomic E-state index is 0.0149. The fraction of sp³-hybridized carbons (Fsp3) is 0.667. The van der Waals surface area contributed by atoms with Crippen LogP contribution in [0.4, 0.5) is 0 Å². The normalized spacial score (nSPS) is 29.2. The first-order valence-electron chi connectivity index (χ1n) is 7.66. The Labute approximate surface area is 123 Å². The Kier molecular flexibility index (Phi) is 4.34. The van der Waals surface area contributed by atoms with Gasteiger partial charge in [-0.15, -0.1) is 0 Å². The van der Waals surface area contributed by atoms with Crippen molar-refractivity contribution in [2.24, 2.45) is 5.92 Å². The Morgan fingerprint density at radius 2 is 2.10 bits per heavy atom. The molecule has 0 spiro atoms. The maximum absolute atomic E-state index is 12.1. The van der Waals surface area contributed by atoms with Gasteiger partial charge < -0.3 is 10.1 Å². The van der Waals surface area contributed by atoms with Crippen molar-refractivity contribution in [1.82, 2.24) is 15.1 Å². The molecule has 2 aliphatic rings. The zero-order valence-electron chi connectivity index (χ0n) is 12.0. The van der Waals surface area contributed by atoms with Crippen molar-refractivity contribution >= 4 is 5.91 Å². The van der Waals surface area contributed by atoms with Gasteiger partial charge in [0.25, 0.3) is 5.56 Å². The maximum atomic E-state index is 12.1. The van der Waals surface area contributed by atoms with E-state index >= 15 is 0 Å². The van der Waals surface area contributed by atoms with Crippen LogP contribution in [0.3, 0.4) is 0 Å². The molecule has 21 heavy (non-hydrogen) atoms. The van der Waals surface area contributed by atoms with E-state index in [1.807, 2.05) is 0 Å². The van der Waals surface area contributed by atoms with E-state index in [2.05, 4.69) is 10.4 Å². The number of hydrogen-bond acceptors (Lipinski definition) is 4. The Bertz CT molecular complexity index is 543. The molecular formula is C15H21N3O3. The minimum atomic E-state index is -0.0481. The number of rotatable bonds is 3. The van der Waals surface area contributed by atoms with Crippen LogP contribution in [0.2, 0.25) is 0 Å². The van der Waals surface area contributed by atoms with Crippen LogP contribution in [-0.2, 0) is 9.53 Å². The molecule has 2 fully saturated rings. The molecule has 1 atom stereocenters. The summed E-state index contributed by atoms with van der Waals surface area (Å²) in [6.45, 7) is 1.23. The molecule has 0 bridgehead atoms. The molecule has 1 unspecified atom stereocenters. The smallest absolute Gasteiger partial charge is 0.266 e. The van der Waals surface area contributed by atoms with Crippen LogP contribution in [0, 0.1) is 5.92 Å². The summed E-state index contributed by atoms with van der Waals surface area (Å²) in [4.78, 5) is 23.8. The Morgan fingerprint density at radius 1 is 1.29 bits per heavy atom. The van der Waals surface area contributed by atoms with Gasteiger partial charge in [-0.05, 0) is 38.2 Å². The lowest BCUT2D eigenvalue weighted by molar-refractivity contribution is -0.125. The predicted octanol–water partition coefficient (Wildman–Crippen LogP) is 0.880. The lowest BCUT2D eigenvalue weighted by Gasteiger charge is -2.30. The van der Waals surface area contributed by atoms with E-state index in [4.69, 9.17) is 4.74 Å². The van der Waals surface area contributed by atoms with Gasteiger partial charge in [-0.2, -0.15) is 5.10 Å². The molecule has 1 saturated carbocycles. The number of carbonyl (C=O) groups excluding carboxylic acids is 1. The topological polar surface area (TPSA) is 73.2 Å². The molecule has 1 N–H and O–H groups in total. The van der Waals surface area contributed by atoms with Gasteiger partial charge in [0.15, 0.2) is 0 Å². The summed E-state index contributed by atoms with van der Waals surface area (Å²) in [7, 11) is 0. The van der Waals surface area contributed by atoms with Gasteiger partial charge in [-0.3, -0.25) is 9.59 Å². The number of ether oxygens (including phenoxy) is 1. The maximum Gasteiger partial charge on any atom is 0.266 e. The third-order valence-corrected chi connectivity index (χ3v) is 4.43. The summed E-state index contributed by atoms with van der Waals surface area (Å²) in [5, 5.41) is 7.27. The van der Waals surface area contributed by atoms with E-state index in [1.165, 1.54) is 0 Å². The van der Waals surface area contributed by atoms with Crippen LogP contribution >= 0.6 is 0 Å². The van der Waals surface area contributed by atoms with Crippen molar-refractivity contribution < 1.29 is 9.53 Å². The summed E-state index contributed by atoms with van der Waals surface area (Å²) in [5.74, 6) is 0.132. The van der Waals surface area contributed by atoms with Gasteiger partial charge in [0.05, 0.1) is 18.6 Å². The van der Waals surface area contributed by atoms with Crippen LogP contribution in [0.1, 0.15) is 38.1 Å². The van der Waals surface area contributed by atoms with Crippen LogP contribution in [-0.4, -0.2) is 34.9 Å². The predicted molar refractivity (Wildman–Crippen MR) is 76.9 cm³/mol. The van der Waals surface area contributed by atoms with Gasteiger partial charge in [-0.25, -0.2) is 4.68 Å². The second-order valence-corrected chi connectivity index (χ2v) is 5.88. The van der Waals surface area contributed by atoms with Crippen molar-refractivity contribution in [3.8, 4) is 0 Å². The average Bonchev–Trinajstić information content (AvgIpc) is 3.03. The minimum Gasteiger partial charge on any atom is -0.381 e. The van der Waals surface area contributed by atoms with Gasteiger partial charge in [0.1, 0.15) is 0 Å². The molecule has 2 heterocycles. The van der Waals surface area contributed by atoms with E-state index < -0.39 is 0 Å². The number of carbonyl (C=O) groups is 1. The second kappa shape index (κ2) is 6.39. The molecule has 0 radical (unpaired) electrons. The zero-order chi connectivity index (χ0) is 14.7. The van der Waals surface area contributed by atoms with Crippen LogP contribution < -0.4 is 10.9 Å².